The average Bonchev–Trinajstić information content (AvgIpc) is 3.07. The maximum atomic E-state index is 12.0. The van der Waals surface area contributed by atoms with Gasteiger partial charge in [-0.25, -0.2) is 4.98 Å². The number of hydrogen-bond donors (Lipinski definition) is 2. The van der Waals surface area contributed by atoms with E-state index in [9.17, 15) is 4.79 Å². The standard InChI is InChI=1S/C16H22N4O2.2ClH/c1-12(19-16(21)9-15(10-17)22-2)13-4-3-5-14(8-13)20-7-6-18-11-20;;/h3-8,11-12,15H,9-10,17H2,1-2H3,(H,19,21);2*1H. The number of halogens is 2. The van der Waals surface area contributed by atoms with Crippen LogP contribution in [-0.4, -0.2) is 35.2 Å². The molecule has 1 heterocycles. The van der Waals surface area contributed by atoms with Gasteiger partial charge in [0.1, 0.15) is 0 Å². The molecule has 1 amide bonds. The lowest BCUT2D eigenvalue weighted by molar-refractivity contribution is -0.124. The second-order valence-corrected chi connectivity index (χ2v) is 5.15. The quantitative estimate of drug-likeness (QED) is 0.778. The number of carbonyl (C=O) groups is 1. The number of nitrogens with one attached hydrogen (secondary N) is 1. The molecule has 8 heteroatoms. The highest BCUT2D eigenvalue weighted by molar-refractivity contribution is 5.85. The summed E-state index contributed by atoms with van der Waals surface area (Å²) in [5, 5.41) is 2.97. The van der Waals surface area contributed by atoms with E-state index in [0.717, 1.165) is 11.3 Å². The minimum atomic E-state index is -0.246. The van der Waals surface area contributed by atoms with Gasteiger partial charge in [0.25, 0.3) is 0 Å². The molecule has 2 rings (SSSR count). The molecule has 2 atom stereocenters. The van der Waals surface area contributed by atoms with E-state index >= 15 is 0 Å². The number of nitrogens with two attached hydrogens (primary N) is 1. The Morgan fingerprint density at radius 3 is 2.75 bits per heavy atom. The molecular formula is C16H24Cl2N4O2. The number of methoxy groups -OCH3 is 1. The van der Waals surface area contributed by atoms with Crippen LogP contribution in [-0.2, 0) is 9.53 Å². The summed E-state index contributed by atoms with van der Waals surface area (Å²) in [5.74, 6) is -0.0715. The van der Waals surface area contributed by atoms with Crippen LogP contribution >= 0.6 is 24.8 Å². The number of carbonyl (C=O) groups excluding carboxylic acids is 1. The lowest BCUT2D eigenvalue weighted by Crippen LogP contribution is -2.33. The molecule has 0 fully saturated rings. The minimum Gasteiger partial charge on any atom is -0.380 e. The molecule has 0 aliphatic carbocycles. The molecule has 6 nitrogen and oxygen atoms in total. The van der Waals surface area contributed by atoms with Crippen LogP contribution in [0.4, 0.5) is 0 Å². The smallest absolute Gasteiger partial charge is 0.223 e. The summed E-state index contributed by atoms with van der Waals surface area (Å²) in [4.78, 5) is 16.0. The third-order valence-corrected chi connectivity index (χ3v) is 3.56. The predicted octanol–water partition coefficient (Wildman–Crippen LogP) is 2.26. The molecule has 0 saturated heterocycles. The third-order valence-electron chi connectivity index (χ3n) is 3.56. The van der Waals surface area contributed by atoms with Gasteiger partial charge in [-0.3, -0.25) is 4.79 Å². The Balaban J connectivity index is 0.00000264. The van der Waals surface area contributed by atoms with Crippen molar-refractivity contribution in [3.8, 4) is 5.69 Å². The van der Waals surface area contributed by atoms with Crippen molar-refractivity contribution in [2.75, 3.05) is 13.7 Å². The molecular weight excluding hydrogens is 351 g/mol. The van der Waals surface area contributed by atoms with E-state index in [4.69, 9.17) is 10.5 Å². The number of ether oxygens (including phenoxy) is 1. The normalized spacial score (nSPS) is 12.5. The summed E-state index contributed by atoms with van der Waals surface area (Å²) in [5.41, 5.74) is 7.57. The minimum absolute atomic E-state index is 0. The van der Waals surface area contributed by atoms with Crippen LogP contribution in [0.1, 0.15) is 24.9 Å². The Hall–Kier alpha value is -1.60. The van der Waals surface area contributed by atoms with Crippen molar-refractivity contribution in [3.05, 3.63) is 48.5 Å². The van der Waals surface area contributed by atoms with Crippen LogP contribution in [0.3, 0.4) is 0 Å². The third kappa shape index (κ3) is 6.13. The summed E-state index contributed by atoms with van der Waals surface area (Å²) in [6.45, 7) is 2.28. The first kappa shape index (κ1) is 22.4. The molecule has 3 N–H and O–H groups in total. The lowest BCUT2D eigenvalue weighted by atomic mass is 10.1. The molecule has 24 heavy (non-hydrogen) atoms. The van der Waals surface area contributed by atoms with Crippen molar-refractivity contribution in [2.24, 2.45) is 5.73 Å². The number of amides is 1. The van der Waals surface area contributed by atoms with E-state index in [1.165, 1.54) is 0 Å². The van der Waals surface area contributed by atoms with Crippen LogP contribution in [0.15, 0.2) is 43.0 Å². The molecule has 1 aromatic heterocycles. The van der Waals surface area contributed by atoms with Crippen molar-refractivity contribution < 1.29 is 9.53 Å². The van der Waals surface area contributed by atoms with Gasteiger partial charge in [0.2, 0.25) is 5.91 Å². The van der Waals surface area contributed by atoms with Crippen molar-refractivity contribution in [2.45, 2.75) is 25.5 Å². The number of hydrogen-bond acceptors (Lipinski definition) is 4. The van der Waals surface area contributed by atoms with Gasteiger partial charge in [-0.2, -0.15) is 0 Å². The number of aromatic nitrogens is 2. The Bertz CT molecular complexity index is 604. The fraction of sp³-hybridized carbons (Fsp3) is 0.375. The highest BCUT2D eigenvalue weighted by atomic mass is 35.5. The van der Waals surface area contributed by atoms with Crippen LogP contribution in [0.2, 0.25) is 0 Å². The fourth-order valence-corrected chi connectivity index (χ4v) is 2.22. The first-order valence-electron chi connectivity index (χ1n) is 7.24. The fourth-order valence-electron chi connectivity index (χ4n) is 2.22. The molecule has 0 radical (unpaired) electrons. The Morgan fingerprint density at radius 2 is 2.17 bits per heavy atom. The molecule has 0 saturated carbocycles. The van der Waals surface area contributed by atoms with Crippen LogP contribution in [0.5, 0.6) is 0 Å². The highest BCUT2D eigenvalue weighted by Crippen LogP contribution is 2.17. The zero-order valence-corrected chi connectivity index (χ0v) is 15.3. The summed E-state index contributed by atoms with van der Waals surface area (Å²) >= 11 is 0. The summed E-state index contributed by atoms with van der Waals surface area (Å²) in [6.07, 6.45) is 5.37. The van der Waals surface area contributed by atoms with Crippen molar-refractivity contribution in [3.63, 3.8) is 0 Å². The van der Waals surface area contributed by atoms with Gasteiger partial charge in [-0.1, -0.05) is 12.1 Å². The van der Waals surface area contributed by atoms with Gasteiger partial charge in [0.15, 0.2) is 0 Å². The Labute approximate surface area is 154 Å². The molecule has 0 aliphatic heterocycles. The molecule has 2 unspecified atom stereocenters. The van der Waals surface area contributed by atoms with Crippen LogP contribution < -0.4 is 11.1 Å². The van der Waals surface area contributed by atoms with Crippen molar-refractivity contribution >= 4 is 30.7 Å². The number of imidazole rings is 1. The van der Waals surface area contributed by atoms with Gasteiger partial charge < -0.3 is 20.4 Å². The number of rotatable bonds is 7. The molecule has 2 aromatic rings. The molecule has 0 aliphatic rings. The van der Waals surface area contributed by atoms with Crippen LogP contribution in [0.25, 0.3) is 5.69 Å². The molecule has 1 aromatic carbocycles. The topological polar surface area (TPSA) is 82.2 Å². The van der Waals surface area contributed by atoms with Gasteiger partial charge in [-0.05, 0) is 24.6 Å². The molecule has 134 valence electrons. The zero-order valence-electron chi connectivity index (χ0n) is 13.7. The Morgan fingerprint density at radius 1 is 1.42 bits per heavy atom. The Kier molecular flexibility index (Phi) is 10.3. The van der Waals surface area contributed by atoms with E-state index in [1.807, 2.05) is 42.0 Å². The molecule has 0 bridgehead atoms. The monoisotopic (exact) mass is 374 g/mol. The zero-order chi connectivity index (χ0) is 15.9. The predicted molar refractivity (Wildman–Crippen MR) is 99.1 cm³/mol. The first-order valence-corrected chi connectivity index (χ1v) is 7.24. The highest BCUT2D eigenvalue weighted by Gasteiger charge is 2.14. The number of benzene rings is 1. The van der Waals surface area contributed by atoms with Crippen LogP contribution in [0, 0.1) is 0 Å². The van der Waals surface area contributed by atoms with E-state index in [2.05, 4.69) is 10.3 Å². The van der Waals surface area contributed by atoms with Gasteiger partial charge in [0.05, 0.1) is 24.9 Å². The van der Waals surface area contributed by atoms with Gasteiger partial charge in [0, 0.05) is 31.7 Å². The van der Waals surface area contributed by atoms with E-state index in [-0.39, 0.29) is 49.3 Å². The largest absolute Gasteiger partial charge is 0.380 e. The van der Waals surface area contributed by atoms with E-state index < -0.39 is 0 Å². The SMILES string of the molecule is COC(CN)CC(=O)NC(C)c1cccc(-n2ccnc2)c1.Cl.Cl. The number of nitrogens with zero attached hydrogens (tertiary/aromatic N) is 2. The van der Waals surface area contributed by atoms with E-state index in [0.29, 0.717) is 6.54 Å². The summed E-state index contributed by atoms with van der Waals surface area (Å²) in [7, 11) is 1.56. The lowest BCUT2D eigenvalue weighted by Gasteiger charge is -2.18. The van der Waals surface area contributed by atoms with Gasteiger partial charge >= 0.3 is 0 Å². The second kappa shape index (κ2) is 11.0. The van der Waals surface area contributed by atoms with Gasteiger partial charge in [-0.15, -0.1) is 24.8 Å². The van der Waals surface area contributed by atoms with E-state index in [1.54, 1.807) is 19.6 Å². The maximum absolute atomic E-state index is 12.0. The maximum Gasteiger partial charge on any atom is 0.223 e. The van der Waals surface area contributed by atoms with Crippen molar-refractivity contribution in [1.82, 2.24) is 14.9 Å². The summed E-state index contributed by atoms with van der Waals surface area (Å²) in [6, 6.07) is 7.89. The molecule has 0 spiro atoms. The average molecular weight is 375 g/mol. The van der Waals surface area contributed by atoms with Crippen molar-refractivity contribution in [1.29, 1.82) is 0 Å². The summed E-state index contributed by atoms with van der Waals surface area (Å²) < 4.78 is 7.05. The first-order chi connectivity index (χ1) is 10.6. The second-order valence-electron chi connectivity index (χ2n) is 5.15.